The Balaban J connectivity index is 2.24. The van der Waals surface area contributed by atoms with Gasteiger partial charge in [-0.15, -0.1) is 0 Å². The van der Waals surface area contributed by atoms with Crippen LogP contribution >= 0.6 is 0 Å². The molecule has 0 aliphatic carbocycles. The summed E-state index contributed by atoms with van der Waals surface area (Å²) in [7, 11) is 0. The molecule has 1 aliphatic heterocycles. The molecule has 1 fully saturated rings. The van der Waals surface area contributed by atoms with Crippen molar-refractivity contribution in [3.05, 3.63) is 35.4 Å². The molecule has 2 N–H and O–H groups in total. The maximum absolute atomic E-state index is 13.9. The van der Waals surface area contributed by atoms with E-state index in [4.69, 9.17) is 5.73 Å². The molecule has 1 saturated heterocycles. The second-order valence-electron chi connectivity index (χ2n) is 5.63. The van der Waals surface area contributed by atoms with Crippen LogP contribution in [0.3, 0.4) is 0 Å². The molecule has 1 aromatic carbocycles. The van der Waals surface area contributed by atoms with Crippen LogP contribution in [0, 0.1) is 17.6 Å². The number of rotatable bonds is 3. The van der Waals surface area contributed by atoms with Crippen molar-refractivity contribution in [2.45, 2.75) is 38.8 Å². The Bertz CT molecular complexity index is 436. The summed E-state index contributed by atoms with van der Waals surface area (Å²) in [4.78, 5) is 2.25. The van der Waals surface area contributed by atoms with Crippen LogP contribution in [0.4, 0.5) is 8.78 Å². The number of hydrogen-bond donors (Lipinski definition) is 1. The standard InChI is InChI=1S/C15H22F2N2/c1-10-5-6-19(11(2)7-10)15(9-18)13-4-3-12(16)8-14(13)17/h3-4,8,10-11,15H,5-7,9,18H2,1-2H3. The zero-order valence-corrected chi connectivity index (χ0v) is 11.6. The van der Waals surface area contributed by atoms with Gasteiger partial charge in [-0.1, -0.05) is 13.0 Å². The number of piperidine rings is 1. The van der Waals surface area contributed by atoms with E-state index in [0.717, 1.165) is 25.5 Å². The van der Waals surface area contributed by atoms with E-state index in [1.165, 1.54) is 12.1 Å². The van der Waals surface area contributed by atoms with Gasteiger partial charge >= 0.3 is 0 Å². The molecule has 106 valence electrons. The number of halogens is 2. The second kappa shape index (κ2) is 5.97. The molecule has 0 saturated carbocycles. The van der Waals surface area contributed by atoms with E-state index in [2.05, 4.69) is 18.7 Å². The van der Waals surface area contributed by atoms with Gasteiger partial charge in [0, 0.05) is 24.2 Å². The van der Waals surface area contributed by atoms with Gasteiger partial charge in [-0.2, -0.15) is 0 Å². The number of nitrogens with two attached hydrogens (primary N) is 1. The lowest BCUT2D eigenvalue weighted by molar-refractivity contribution is 0.0830. The minimum atomic E-state index is -0.544. The third kappa shape index (κ3) is 3.12. The summed E-state index contributed by atoms with van der Waals surface area (Å²) in [6.07, 6.45) is 2.20. The van der Waals surface area contributed by atoms with Gasteiger partial charge in [0.1, 0.15) is 11.6 Å². The first-order chi connectivity index (χ1) is 9.02. The summed E-state index contributed by atoms with van der Waals surface area (Å²) in [5.74, 6) is -0.346. The van der Waals surface area contributed by atoms with Crippen LogP contribution in [0.5, 0.6) is 0 Å². The molecule has 0 radical (unpaired) electrons. The van der Waals surface area contributed by atoms with Crippen molar-refractivity contribution < 1.29 is 8.78 Å². The van der Waals surface area contributed by atoms with Crippen molar-refractivity contribution in [3.8, 4) is 0 Å². The van der Waals surface area contributed by atoms with Gasteiger partial charge in [-0.25, -0.2) is 8.78 Å². The highest BCUT2D eigenvalue weighted by molar-refractivity contribution is 5.23. The number of likely N-dealkylation sites (tertiary alicyclic amines) is 1. The molecule has 0 bridgehead atoms. The maximum Gasteiger partial charge on any atom is 0.130 e. The van der Waals surface area contributed by atoms with Gasteiger partial charge in [0.05, 0.1) is 6.04 Å². The van der Waals surface area contributed by atoms with Crippen LogP contribution in [0.25, 0.3) is 0 Å². The third-order valence-electron chi connectivity index (χ3n) is 4.13. The molecule has 1 aliphatic rings. The van der Waals surface area contributed by atoms with Crippen LogP contribution in [-0.2, 0) is 0 Å². The zero-order valence-electron chi connectivity index (χ0n) is 11.6. The van der Waals surface area contributed by atoms with Crippen molar-refractivity contribution in [2.24, 2.45) is 11.7 Å². The average molecular weight is 268 g/mol. The van der Waals surface area contributed by atoms with Crippen molar-refractivity contribution in [1.82, 2.24) is 4.90 Å². The van der Waals surface area contributed by atoms with E-state index < -0.39 is 11.6 Å². The van der Waals surface area contributed by atoms with Gasteiger partial charge in [0.2, 0.25) is 0 Å². The van der Waals surface area contributed by atoms with E-state index in [-0.39, 0.29) is 6.04 Å². The van der Waals surface area contributed by atoms with Gasteiger partial charge in [-0.05, 0) is 38.3 Å². The normalized spacial score (nSPS) is 26.4. The van der Waals surface area contributed by atoms with E-state index in [9.17, 15) is 8.78 Å². The molecular weight excluding hydrogens is 246 g/mol. The molecule has 2 nitrogen and oxygen atoms in total. The number of benzene rings is 1. The molecule has 0 spiro atoms. The highest BCUT2D eigenvalue weighted by Gasteiger charge is 2.30. The van der Waals surface area contributed by atoms with E-state index in [1.807, 2.05) is 0 Å². The Hall–Kier alpha value is -1.00. The highest BCUT2D eigenvalue weighted by atomic mass is 19.1. The molecule has 4 heteroatoms. The van der Waals surface area contributed by atoms with Crippen molar-refractivity contribution in [1.29, 1.82) is 0 Å². The fraction of sp³-hybridized carbons (Fsp3) is 0.600. The highest BCUT2D eigenvalue weighted by Crippen LogP contribution is 2.31. The lowest BCUT2D eigenvalue weighted by Crippen LogP contribution is -2.45. The van der Waals surface area contributed by atoms with E-state index >= 15 is 0 Å². The Labute approximate surface area is 113 Å². The minimum Gasteiger partial charge on any atom is -0.329 e. The summed E-state index contributed by atoms with van der Waals surface area (Å²) >= 11 is 0. The van der Waals surface area contributed by atoms with Gasteiger partial charge < -0.3 is 5.73 Å². The molecule has 3 unspecified atom stereocenters. The first kappa shape index (κ1) is 14.4. The fourth-order valence-corrected chi connectivity index (χ4v) is 3.10. The predicted molar refractivity (Wildman–Crippen MR) is 72.7 cm³/mol. The van der Waals surface area contributed by atoms with Crippen LogP contribution < -0.4 is 5.73 Å². The van der Waals surface area contributed by atoms with Crippen LogP contribution in [0.2, 0.25) is 0 Å². The molecule has 0 aromatic heterocycles. The first-order valence-electron chi connectivity index (χ1n) is 6.93. The van der Waals surface area contributed by atoms with E-state index in [1.54, 1.807) is 0 Å². The topological polar surface area (TPSA) is 29.3 Å². The quantitative estimate of drug-likeness (QED) is 0.912. The molecule has 3 atom stereocenters. The summed E-state index contributed by atoms with van der Waals surface area (Å²) in [5, 5.41) is 0. The molecule has 19 heavy (non-hydrogen) atoms. The van der Waals surface area contributed by atoms with Crippen molar-refractivity contribution in [2.75, 3.05) is 13.1 Å². The summed E-state index contributed by atoms with van der Waals surface area (Å²) in [5.41, 5.74) is 6.34. The first-order valence-corrected chi connectivity index (χ1v) is 6.93. The van der Waals surface area contributed by atoms with Crippen molar-refractivity contribution >= 4 is 0 Å². The number of hydrogen-bond acceptors (Lipinski definition) is 2. The van der Waals surface area contributed by atoms with Crippen molar-refractivity contribution in [3.63, 3.8) is 0 Å². The van der Waals surface area contributed by atoms with Crippen LogP contribution in [-0.4, -0.2) is 24.0 Å². The van der Waals surface area contributed by atoms with Crippen LogP contribution in [0.1, 0.15) is 38.3 Å². The lowest BCUT2D eigenvalue weighted by atomic mass is 9.90. The molecule has 2 rings (SSSR count). The van der Waals surface area contributed by atoms with Gasteiger partial charge in [-0.3, -0.25) is 4.90 Å². The zero-order chi connectivity index (χ0) is 14.0. The molecule has 0 amide bonds. The molecular formula is C15H22F2N2. The van der Waals surface area contributed by atoms with Gasteiger partial charge in [0.25, 0.3) is 0 Å². The Morgan fingerprint density at radius 1 is 1.37 bits per heavy atom. The monoisotopic (exact) mass is 268 g/mol. The Morgan fingerprint density at radius 3 is 2.68 bits per heavy atom. The molecule has 1 aromatic rings. The smallest absolute Gasteiger partial charge is 0.130 e. The summed E-state index contributed by atoms with van der Waals surface area (Å²) in [6.45, 7) is 5.66. The SMILES string of the molecule is CC1CCN(C(CN)c2ccc(F)cc2F)C(C)C1. The second-order valence-corrected chi connectivity index (χ2v) is 5.63. The lowest BCUT2D eigenvalue weighted by Gasteiger charge is -2.41. The van der Waals surface area contributed by atoms with Crippen LogP contribution in [0.15, 0.2) is 18.2 Å². The predicted octanol–water partition coefficient (Wildman–Crippen LogP) is 3.09. The minimum absolute atomic E-state index is 0.164. The summed E-state index contributed by atoms with van der Waals surface area (Å²) < 4.78 is 26.9. The number of nitrogens with zero attached hydrogens (tertiary/aromatic N) is 1. The van der Waals surface area contributed by atoms with Gasteiger partial charge in [0.15, 0.2) is 0 Å². The van der Waals surface area contributed by atoms with E-state index in [0.29, 0.717) is 24.1 Å². The largest absolute Gasteiger partial charge is 0.329 e. The Morgan fingerprint density at radius 2 is 2.11 bits per heavy atom. The Kier molecular flexibility index (Phi) is 4.53. The average Bonchev–Trinajstić information content (AvgIpc) is 2.34. The third-order valence-corrected chi connectivity index (χ3v) is 4.13. The summed E-state index contributed by atoms with van der Waals surface area (Å²) in [6, 6.07) is 3.98. The fourth-order valence-electron chi connectivity index (χ4n) is 3.10. The molecule has 1 heterocycles. The maximum atomic E-state index is 13.9.